The highest BCUT2D eigenvalue weighted by Crippen LogP contribution is 2.17. The van der Waals surface area contributed by atoms with Crippen molar-refractivity contribution in [3.05, 3.63) is 58.8 Å². The van der Waals surface area contributed by atoms with E-state index in [0.717, 1.165) is 33.9 Å². The molecule has 0 saturated carbocycles. The molecule has 1 atom stereocenters. The number of pyridine rings is 1. The van der Waals surface area contributed by atoms with E-state index in [9.17, 15) is 4.79 Å². The van der Waals surface area contributed by atoms with Crippen LogP contribution in [0, 0.1) is 20.8 Å². The van der Waals surface area contributed by atoms with E-state index in [4.69, 9.17) is 0 Å². The molecule has 130 valence electrons. The van der Waals surface area contributed by atoms with Crippen molar-refractivity contribution in [2.75, 3.05) is 0 Å². The van der Waals surface area contributed by atoms with E-state index in [1.807, 2.05) is 50.4 Å². The second-order valence-electron chi connectivity index (χ2n) is 6.39. The molecule has 3 aromatic rings. The molecular formula is C19H23N5O. The molecule has 0 spiro atoms. The fourth-order valence-electron chi connectivity index (χ4n) is 3.07. The molecule has 3 heterocycles. The molecule has 6 nitrogen and oxygen atoms in total. The van der Waals surface area contributed by atoms with Crippen molar-refractivity contribution < 1.29 is 4.79 Å². The van der Waals surface area contributed by atoms with Gasteiger partial charge in [0, 0.05) is 36.3 Å². The van der Waals surface area contributed by atoms with E-state index in [-0.39, 0.29) is 11.9 Å². The van der Waals surface area contributed by atoms with Gasteiger partial charge in [0.1, 0.15) is 0 Å². The highest BCUT2D eigenvalue weighted by Gasteiger charge is 2.14. The van der Waals surface area contributed by atoms with Crippen LogP contribution in [-0.4, -0.2) is 25.5 Å². The van der Waals surface area contributed by atoms with Gasteiger partial charge in [-0.05, 0) is 51.3 Å². The Bertz CT molecular complexity index is 901. The van der Waals surface area contributed by atoms with Gasteiger partial charge in [-0.1, -0.05) is 6.07 Å². The summed E-state index contributed by atoms with van der Waals surface area (Å²) in [4.78, 5) is 21.0. The van der Waals surface area contributed by atoms with E-state index in [0.29, 0.717) is 12.8 Å². The molecule has 0 aromatic carbocycles. The highest BCUT2D eigenvalue weighted by molar-refractivity contribution is 5.76. The van der Waals surface area contributed by atoms with Crippen LogP contribution in [0.15, 0.2) is 30.6 Å². The molecule has 0 bridgehead atoms. The SMILES string of the molecule is Cc1cc2nc(C)c(CCC(=O)N[C@@H](C)c3cccnc3)c(C)n2n1. The number of carbonyl (C=O) groups is 1. The van der Waals surface area contributed by atoms with Gasteiger partial charge in [-0.25, -0.2) is 9.50 Å². The molecule has 0 aliphatic heterocycles. The first-order chi connectivity index (χ1) is 12.0. The first-order valence-electron chi connectivity index (χ1n) is 8.47. The third-order valence-electron chi connectivity index (χ3n) is 4.45. The Morgan fingerprint density at radius 3 is 2.84 bits per heavy atom. The molecule has 3 aromatic heterocycles. The van der Waals surface area contributed by atoms with Crippen LogP contribution in [0.1, 0.15) is 47.6 Å². The summed E-state index contributed by atoms with van der Waals surface area (Å²) in [6, 6.07) is 5.74. The number of nitrogens with zero attached hydrogens (tertiary/aromatic N) is 4. The smallest absolute Gasteiger partial charge is 0.220 e. The number of hydrogen-bond donors (Lipinski definition) is 1. The first-order valence-corrected chi connectivity index (χ1v) is 8.47. The van der Waals surface area contributed by atoms with Crippen LogP contribution in [0.25, 0.3) is 5.65 Å². The third kappa shape index (κ3) is 3.68. The van der Waals surface area contributed by atoms with Gasteiger partial charge in [0.25, 0.3) is 0 Å². The van der Waals surface area contributed by atoms with Gasteiger partial charge in [-0.15, -0.1) is 0 Å². The zero-order valence-electron chi connectivity index (χ0n) is 15.1. The quantitative estimate of drug-likeness (QED) is 0.777. The number of aromatic nitrogens is 4. The molecule has 0 saturated heterocycles. The van der Waals surface area contributed by atoms with E-state index >= 15 is 0 Å². The molecule has 0 fully saturated rings. The van der Waals surface area contributed by atoms with E-state index in [1.165, 1.54) is 0 Å². The maximum atomic E-state index is 12.3. The van der Waals surface area contributed by atoms with E-state index in [2.05, 4.69) is 20.4 Å². The summed E-state index contributed by atoms with van der Waals surface area (Å²) >= 11 is 0. The van der Waals surface area contributed by atoms with Crippen molar-refractivity contribution in [1.29, 1.82) is 0 Å². The van der Waals surface area contributed by atoms with Gasteiger partial charge in [-0.2, -0.15) is 5.10 Å². The van der Waals surface area contributed by atoms with E-state index in [1.54, 1.807) is 12.4 Å². The summed E-state index contributed by atoms with van der Waals surface area (Å²) in [5, 5.41) is 7.50. The molecule has 0 aliphatic carbocycles. The van der Waals surface area contributed by atoms with Crippen LogP contribution in [0.4, 0.5) is 0 Å². The second-order valence-corrected chi connectivity index (χ2v) is 6.39. The van der Waals surface area contributed by atoms with Crippen molar-refractivity contribution in [3.8, 4) is 0 Å². The Morgan fingerprint density at radius 2 is 2.12 bits per heavy atom. The largest absolute Gasteiger partial charge is 0.350 e. The number of hydrogen-bond acceptors (Lipinski definition) is 4. The predicted molar refractivity (Wildman–Crippen MR) is 96.3 cm³/mol. The molecule has 1 N–H and O–H groups in total. The third-order valence-corrected chi connectivity index (χ3v) is 4.45. The summed E-state index contributed by atoms with van der Waals surface area (Å²) in [5.74, 6) is 0.0203. The van der Waals surface area contributed by atoms with Gasteiger partial charge in [0.05, 0.1) is 11.7 Å². The van der Waals surface area contributed by atoms with Crippen molar-refractivity contribution >= 4 is 11.6 Å². The van der Waals surface area contributed by atoms with Crippen LogP contribution < -0.4 is 5.32 Å². The van der Waals surface area contributed by atoms with Crippen LogP contribution in [0.5, 0.6) is 0 Å². The van der Waals surface area contributed by atoms with E-state index < -0.39 is 0 Å². The molecule has 0 radical (unpaired) electrons. The summed E-state index contributed by atoms with van der Waals surface area (Å²) in [5.41, 5.74) is 5.88. The molecule has 3 rings (SSSR count). The lowest BCUT2D eigenvalue weighted by Crippen LogP contribution is -2.27. The predicted octanol–water partition coefficient (Wildman–Crippen LogP) is 2.86. The average molecular weight is 337 g/mol. The van der Waals surface area contributed by atoms with Gasteiger partial charge < -0.3 is 5.32 Å². The van der Waals surface area contributed by atoms with Crippen LogP contribution in [0.2, 0.25) is 0 Å². The number of nitrogens with one attached hydrogen (secondary N) is 1. The standard InChI is InChI=1S/C19H23N5O/c1-12-10-18-21-14(3)17(15(4)24(18)23-12)7-8-19(25)22-13(2)16-6-5-9-20-11-16/h5-6,9-11,13H,7-8H2,1-4H3,(H,22,25)/t13-/m0/s1. The lowest BCUT2D eigenvalue weighted by Gasteiger charge is -2.15. The maximum Gasteiger partial charge on any atom is 0.220 e. The molecule has 25 heavy (non-hydrogen) atoms. The Balaban J connectivity index is 1.69. The fourth-order valence-corrected chi connectivity index (χ4v) is 3.07. The highest BCUT2D eigenvalue weighted by atomic mass is 16.1. The summed E-state index contributed by atoms with van der Waals surface area (Å²) in [6.45, 7) is 7.93. The minimum Gasteiger partial charge on any atom is -0.350 e. The summed E-state index contributed by atoms with van der Waals surface area (Å²) in [6.07, 6.45) is 4.56. The summed E-state index contributed by atoms with van der Waals surface area (Å²) in [7, 11) is 0. The Morgan fingerprint density at radius 1 is 1.32 bits per heavy atom. The molecule has 0 unspecified atom stereocenters. The molecule has 6 heteroatoms. The Kier molecular flexibility index (Phi) is 4.79. The van der Waals surface area contributed by atoms with Crippen molar-refractivity contribution in [3.63, 3.8) is 0 Å². The van der Waals surface area contributed by atoms with Crippen LogP contribution >= 0.6 is 0 Å². The number of aryl methyl sites for hydroxylation is 3. The van der Waals surface area contributed by atoms with Crippen LogP contribution in [-0.2, 0) is 11.2 Å². The zero-order chi connectivity index (χ0) is 18.0. The van der Waals surface area contributed by atoms with Crippen molar-refractivity contribution in [1.82, 2.24) is 24.9 Å². The molecule has 0 aliphatic rings. The van der Waals surface area contributed by atoms with Gasteiger partial charge in [0.15, 0.2) is 5.65 Å². The van der Waals surface area contributed by atoms with Gasteiger partial charge in [0.2, 0.25) is 5.91 Å². The number of amides is 1. The van der Waals surface area contributed by atoms with Gasteiger partial charge in [-0.3, -0.25) is 9.78 Å². The molecule has 1 amide bonds. The fraction of sp³-hybridized carbons (Fsp3) is 0.368. The lowest BCUT2D eigenvalue weighted by molar-refractivity contribution is -0.121. The number of carbonyl (C=O) groups excluding carboxylic acids is 1. The number of fused-ring (bicyclic) bond motifs is 1. The normalized spacial score (nSPS) is 12.3. The monoisotopic (exact) mass is 337 g/mol. The maximum absolute atomic E-state index is 12.3. The Hall–Kier alpha value is -2.76. The van der Waals surface area contributed by atoms with Crippen molar-refractivity contribution in [2.24, 2.45) is 0 Å². The van der Waals surface area contributed by atoms with Gasteiger partial charge >= 0.3 is 0 Å². The minimum atomic E-state index is -0.0576. The average Bonchev–Trinajstić information content (AvgIpc) is 2.96. The minimum absolute atomic E-state index is 0.0203. The van der Waals surface area contributed by atoms with Crippen LogP contribution in [0.3, 0.4) is 0 Å². The number of rotatable bonds is 5. The summed E-state index contributed by atoms with van der Waals surface area (Å²) < 4.78 is 1.85. The second kappa shape index (κ2) is 7.01. The lowest BCUT2D eigenvalue weighted by atomic mass is 10.1. The molecular weight excluding hydrogens is 314 g/mol. The zero-order valence-corrected chi connectivity index (χ0v) is 15.1. The Labute approximate surface area is 147 Å². The topological polar surface area (TPSA) is 72.2 Å². The van der Waals surface area contributed by atoms with Crippen molar-refractivity contribution in [2.45, 2.75) is 46.6 Å². The first kappa shape index (κ1) is 17.1.